The molecule has 0 amide bonds. The summed E-state index contributed by atoms with van der Waals surface area (Å²) in [6, 6.07) is 2.35. The van der Waals surface area contributed by atoms with Gasteiger partial charge in [0.1, 0.15) is 19.0 Å². The first-order valence-electron chi connectivity index (χ1n) is 7.07. The molecule has 6 nitrogen and oxygen atoms in total. The Kier molecular flexibility index (Phi) is 6.01. The van der Waals surface area contributed by atoms with Gasteiger partial charge in [0.25, 0.3) is 0 Å². The van der Waals surface area contributed by atoms with Crippen LogP contribution in [-0.4, -0.2) is 43.4 Å². The van der Waals surface area contributed by atoms with Crippen molar-refractivity contribution in [3.63, 3.8) is 0 Å². The number of anilines is 1. The van der Waals surface area contributed by atoms with Gasteiger partial charge in [0.05, 0.1) is 6.61 Å². The Labute approximate surface area is 119 Å². The van der Waals surface area contributed by atoms with Crippen molar-refractivity contribution in [1.82, 2.24) is 9.97 Å². The smallest absolute Gasteiger partial charge is 0.218 e. The molecule has 1 N–H and O–H groups in total. The van der Waals surface area contributed by atoms with Crippen LogP contribution in [0.1, 0.15) is 31.5 Å². The Morgan fingerprint density at radius 3 is 2.65 bits per heavy atom. The van der Waals surface area contributed by atoms with E-state index < -0.39 is 0 Å². The molecular weight excluding hydrogens is 258 g/mol. The van der Waals surface area contributed by atoms with Gasteiger partial charge in [-0.2, -0.15) is 4.98 Å². The van der Waals surface area contributed by atoms with Crippen LogP contribution in [-0.2, 0) is 16.1 Å². The molecule has 1 aromatic heterocycles. The number of methoxy groups -OCH3 is 2. The average Bonchev–Trinajstić information content (AvgIpc) is 2.92. The summed E-state index contributed by atoms with van der Waals surface area (Å²) >= 11 is 0. The fourth-order valence-electron chi connectivity index (χ4n) is 2.32. The van der Waals surface area contributed by atoms with Gasteiger partial charge in [-0.15, -0.1) is 0 Å². The topological polar surface area (TPSA) is 65.5 Å². The van der Waals surface area contributed by atoms with Crippen molar-refractivity contribution in [2.45, 2.75) is 38.3 Å². The van der Waals surface area contributed by atoms with Gasteiger partial charge in [-0.25, -0.2) is 4.98 Å². The molecule has 112 valence electrons. The zero-order chi connectivity index (χ0) is 14.2. The Hall–Kier alpha value is -1.40. The quantitative estimate of drug-likeness (QED) is 0.735. The summed E-state index contributed by atoms with van der Waals surface area (Å²) in [5.74, 6) is 2.00. The van der Waals surface area contributed by atoms with Gasteiger partial charge in [-0.1, -0.05) is 12.8 Å². The lowest BCUT2D eigenvalue weighted by Crippen LogP contribution is -2.17. The molecule has 1 aliphatic rings. The second-order valence-corrected chi connectivity index (χ2v) is 4.91. The van der Waals surface area contributed by atoms with Crippen LogP contribution in [0.3, 0.4) is 0 Å². The molecule has 0 atom stereocenters. The second kappa shape index (κ2) is 8.01. The molecular formula is C14H23N3O3. The number of nitrogens with one attached hydrogen (secondary N) is 1. The largest absolute Gasteiger partial charge is 0.475 e. The van der Waals surface area contributed by atoms with Gasteiger partial charge in [0.2, 0.25) is 5.88 Å². The Morgan fingerprint density at radius 1 is 1.15 bits per heavy atom. The van der Waals surface area contributed by atoms with E-state index >= 15 is 0 Å². The molecule has 0 radical (unpaired) electrons. The van der Waals surface area contributed by atoms with Crippen LogP contribution in [0.2, 0.25) is 0 Å². The van der Waals surface area contributed by atoms with Gasteiger partial charge in [-0.05, 0) is 12.8 Å². The predicted molar refractivity (Wildman–Crippen MR) is 76.0 cm³/mol. The fourth-order valence-corrected chi connectivity index (χ4v) is 2.32. The van der Waals surface area contributed by atoms with E-state index in [0.717, 1.165) is 5.82 Å². The fraction of sp³-hybridized carbons (Fsp3) is 0.714. The van der Waals surface area contributed by atoms with E-state index in [1.165, 1.54) is 25.7 Å². The summed E-state index contributed by atoms with van der Waals surface area (Å²) in [6.07, 6.45) is 4.96. The third kappa shape index (κ3) is 4.61. The predicted octanol–water partition coefficient (Wildman–Crippen LogP) is 2.00. The van der Waals surface area contributed by atoms with Crippen molar-refractivity contribution in [2.24, 2.45) is 0 Å². The first kappa shape index (κ1) is 15.0. The van der Waals surface area contributed by atoms with Gasteiger partial charge in [0.15, 0.2) is 5.82 Å². The molecule has 1 fully saturated rings. The molecule has 0 aliphatic heterocycles. The number of rotatable bonds is 8. The molecule has 20 heavy (non-hydrogen) atoms. The van der Waals surface area contributed by atoms with E-state index in [0.29, 0.717) is 37.6 Å². The number of hydrogen-bond acceptors (Lipinski definition) is 6. The molecule has 2 rings (SSSR count). The van der Waals surface area contributed by atoms with Gasteiger partial charge in [0, 0.05) is 26.3 Å². The van der Waals surface area contributed by atoms with Crippen LogP contribution in [0.4, 0.5) is 5.82 Å². The third-order valence-corrected chi connectivity index (χ3v) is 3.27. The normalized spacial score (nSPS) is 15.5. The van der Waals surface area contributed by atoms with Crippen molar-refractivity contribution < 1.29 is 14.2 Å². The minimum Gasteiger partial charge on any atom is -0.475 e. The van der Waals surface area contributed by atoms with Crippen LogP contribution in [0.25, 0.3) is 0 Å². The highest BCUT2D eigenvalue weighted by Gasteiger charge is 2.16. The summed E-state index contributed by atoms with van der Waals surface area (Å²) in [5.41, 5.74) is 0. The number of hydrogen-bond donors (Lipinski definition) is 1. The summed E-state index contributed by atoms with van der Waals surface area (Å²) in [4.78, 5) is 8.77. The molecule has 0 bridgehead atoms. The van der Waals surface area contributed by atoms with Crippen molar-refractivity contribution in [1.29, 1.82) is 0 Å². The lowest BCUT2D eigenvalue weighted by Gasteiger charge is -2.14. The molecule has 1 saturated carbocycles. The highest BCUT2D eigenvalue weighted by Crippen LogP contribution is 2.23. The van der Waals surface area contributed by atoms with Crippen LogP contribution in [0.15, 0.2) is 6.07 Å². The van der Waals surface area contributed by atoms with Crippen molar-refractivity contribution in [3.8, 4) is 5.88 Å². The lowest BCUT2D eigenvalue weighted by atomic mass is 10.2. The Bertz CT molecular complexity index is 409. The van der Waals surface area contributed by atoms with Crippen LogP contribution < -0.4 is 10.1 Å². The average molecular weight is 281 g/mol. The molecule has 1 aliphatic carbocycles. The lowest BCUT2D eigenvalue weighted by molar-refractivity contribution is 0.142. The molecule has 0 spiro atoms. The molecule has 0 aromatic carbocycles. The van der Waals surface area contributed by atoms with E-state index in [9.17, 15) is 0 Å². The maximum Gasteiger partial charge on any atom is 0.218 e. The highest BCUT2D eigenvalue weighted by atomic mass is 16.5. The zero-order valence-corrected chi connectivity index (χ0v) is 12.2. The van der Waals surface area contributed by atoms with E-state index in [-0.39, 0.29) is 0 Å². The number of nitrogens with zero attached hydrogens (tertiary/aromatic N) is 2. The Balaban J connectivity index is 2.03. The highest BCUT2D eigenvalue weighted by molar-refractivity contribution is 5.39. The van der Waals surface area contributed by atoms with E-state index in [1.807, 2.05) is 6.07 Å². The molecule has 1 aromatic rings. The number of aromatic nitrogens is 2. The second-order valence-electron chi connectivity index (χ2n) is 4.91. The summed E-state index contributed by atoms with van der Waals surface area (Å²) in [5, 5.41) is 3.45. The molecule has 6 heteroatoms. The third-order valence-electron chi connectivity index (χ3n) is 3.27. The molecule has 0 saturated heterocycles. The standard InChI is InChI=1S/C14H23N3O3/c1-18-7-8-20-14-9-12(15-11-5-3-4-6-11)16-13(17-14)10-19-2/h9,11H,3-8,10H2,1-2H3,(H,15,16,17). The summed E-state index contributed by atoms with van der Waals surface area (Å²) in [6.45, 7) is 1.39. The minimum absolute atomic E-state index is 0.376. The van der Waals surface area contributed by atoms with Crippen LogP contribution in [0.5, 0.6) is 5.88 Å². The maximum absolute atomic E-state index is 5.57. The minimum atomic E-state index is 0.376. The van der Waals surface area contributed by atoms with E-state index in [4.69, 9.17) is 14.2 Å². The van der Waals surface area contributed by atoms with Crippen LogP contribution >= 0.6 is 0 Å². The van der Waals surface area contributed by atoms with Gasteiger partial charge < -0.3 is 19.5 Å². The van der Waals surface area contributed by atoms with Crippen LogP contribution in [0, 0.1) is 0 Å². The van der Waals surface area contributed by atoms with Crippen molar-refractivity contribution in [3.05, 3.63) is 11.9 Å². The first-order valence-corrected chi connectivity index (χ1v) is 7.07. The Morgan fingerprint density at radius 2 is 1.95 bits per heavy atom. The summed E-state index contributed by atoms with van der Waals surface area (Å²) in [7, 11) is 3.28. The summed E-state index contributed by atoms with van der Waals surface area (Å²) < 4.78 is 15.6. The SMILES string of the molecule is COCCOc1cc(NC2CCCC2)nc(COC)n1. The van der Waals surface area contributed by atoms with Crippen molar-refractivity contribution >= 4 is 5.82 Å². The zero-order valence-electron chi connectivity index (χ0n) is 12.2. The number of ether oxygens (including phenoxy) is 3. The van der Waals surface area contributed by atoms with E-state index in [2.05, 4.69) is 15.3 Å². The molecule has 0 unspecified atom stereocenters. The van der Waals surface area contributed by atoms with E-state index in [1.54, 1.807) is 14.2 Å². The van der Waals surface area contributed by atoms with Gasteiger partial charge in [-0.3, -0.25) is 0 Å². The monoisotopic (exact) mass is 281 g/mol. The maximum atomic E-state index is 5.57. The first-order chi connectivity index (χ1) is 9.81. The van der Waals surface area contributed by atoms with Crippen molar-refractivity contribution in [2.75, 3.05) is 32.8 Å². The van der Waals surface area contributed by atoms with Gasteiger partial charge >= 0.3 is 0 Å². The molecule has 1 heterocycles.